The average molecular weight is 234 g/mol. The Morgan fingerprint density at radius 2 is 2.06 bits per heavy atom. The molecule has 0 aromatic heterocycles. The molecule has 0 saturated carbocycles. The molecule has 0 fully saturated rings. The molecule has 5 nitrogen and oxygen atoms in total. The summed E-state index contributed by atoms with van der Waals surface area (Å²) in [6.07, 6.45) is 1.23. The van der Waals surface area contributed by atoms with Crippen LogP contribution in [-0.4, -0.2) is 24.6 Å². The molecule has 0 aliphatic heterocycles. The predicted molar refractivity (Wildman–Crippen MR) is 64.8 cm³/mol. The minimum absolute atomic E-state index is 0.0476. The van der Waals surface area contributed by atoms with Crippen LogP contribution in [0.5, 0.6) is 0 Å². The third-order valence-corrected chi connectivity index (χ3v) is 1.77. The zero-order chi connectivity index (χ0) is 12.5. The van der Waals surface area contributed by atoms with Gasteiger partial charge < -0.3 is 4.74 Å². The van der Waals surface area contributed by atoms with Crippen LogP contribution in [0, 0.1) is 0 Å². The minimum Gasteiger partial charge on any atom is -0.459 e. The number of ketones is 1. The summed E-state index contributed by atoms with van der Waals surface area (Å²) >= 11 is 0. The summed E-state index contributed by atoms with van der Waals surface area (Å²) in [7, 11) is 0. The van der Waals surface area contributed by atoms with Crippen molar-refractivity contribution in [3.05, 3.63) is 30.3 Å². The van der Waals surface area contributed by atoms with Gasteiger partial charge in [-0.25, -0.2) is 0 Å². The van der Waals surface area contributed by atoms with Crippen molar-refractivity contribution in [2.45, 2.75) is 13.3 Å². The summed E-state index contributed by atoms with van der Waals surface area (Å²) in [6, 6.07) is 9.38. The Bertz CT molecular complexity index is 401. The van der Waals surface area contributed by atoms with E-state index in [1.165, 1.54) is 13.1 Å². The molecule has 0 amide bonds. The van der Waals surface area contributed by atoms with Crippen molar-refractivity contribution >= 4 is 23.7 Å². The standard InChI is InChI=1S/C12H14N2O3/c1-10(15)9-12(16)17-8-7-13-14-11-5-3-2-4-6-11/h2-7,14H,8-9H2,1H3. The number of anilines is 1. The average Bonchev–Trinajstić information content (AvgIpc) is 2.29. The molecule has 0 aliphatic carbocycles. The second-order valence-electron chi connectivity index (χ2n) is 3.35. The lowest BCUT2D eigenvalue weighted by Gasteiger charge is -2.00. The van der Waals surface area contributed by atoms with E-state index in [0.717, 1.165) is 5.69 Å². The second kappa shape index (κ2) is 7.16. The van der Waals surface area contributed by atoms with E-state index in [1.807, 2.05) is 30.3 Å². The highest BCUT2D eigenvalue weighted by Gasteiger charge is 2.04. The molecule has 0 radical (unpaired) electrons. The van der Waals surface area contributed by atoms with Gasteiger partial charge in [0.15, 0.2) is 0 Å². The zero-order valence-corrected chi connectivity index (χ0v) is 9.55. The number of para-hydroxylation sites is 1. The van der Waals surface area contributed by atoms with Gasteiger partial charge in [0.2, 0.25) is 0 Å². The highest BCUT2D eigenvalue weighted by Crippen LogP contribution is 2.03. The lowest BCUT2D eigenvalue weighted by molar-refractivity contribution is -0.144. The van der Waals surface area contributed by atoms with Crippen LogP contribution in [0.1, 0.15) is 13.3 Å². The van der Waals surface area contributed by atoms with Gasteiger partial charge in [-0.2, -0.15) is 5.10 Å². The number of rotatable bonds is 6. The summed E-state index contributed by atoms with van der Waals surface area (Å²) in [5, 5.41) is 3.86. The molecule has 17 heavy (non-hydrogen) atoms. The highest BCUT2D eigenvalue weighted by atomic mass is 16.5. The maximum Gasteiger partial charge on any atom is 0.313 e. The maximum atomic E-state index is 11.0. The third-order valence-electron chi connectivity index (χ3n) is 1.77. The molecule has 90 valence electrons. The predicted octanol–water partition coefficient (Wildman–Crippen LogP) is 1.61. The molecule has 1 aromatic rings. The monoisotopic (exact) mass is 234 g/mol. The Hall–Kier alpha value is -2.17. The molecule has 5 heteroatoms. The van der Waals surface area contributed by atoms with Gasteiger partial charge in [0.1, 0.15) is 18.8 Å². The van der Waals surface area contributed by atoms with Crippen molar-refractivity contribution in [2.24, 2.45) is 5.10 Å². The minimum atomic E-state index is -0.538. The Morgan fingerprint density at radius 3 is 2.71 bits per heavy atom. The lowest BCUT2D eigenvalue weighted by atomic mass is 10.3. The number of nitrogens with one attached hydrogen (secondary N) is 1. The fourth-order valence-electron chi connectivity index (χ4n) is 1.05. The molecule has 0 heterocycles. The fraction of sp³-hybridized carbons (Fsp3) is 0.250. The number of esters is 1. The topological polar surface area (TPSA) is 67.8 Å². The zero-order valence-electron chi connectivity index (χ0n) is 9.55. The molecule has 1 N–H and O–H groups in total. The Kier molecular flexibility index (Phi) is 5.43. The number of carbonyl (C=O) groups excluding carboxylic acids is 2. The number of hydrogen-bond acceptors (Lipinski definition) is 5. The number of nitrogens with zero attached hydrogens (tertiary/aromatic N) is 1. The smallest absolute Gasteiger partial charge is 0.313 e. The molecular formula is C12H14N2O3. The van der Waals surface area contributed by atoms with Gasteiger partial charge in [-0.15, -0.1) is 0 Å². The maximum absolute atomic E-state index is 11.0. The van der Waals surface area contributed by atoms with Crippen molar-refractivity contribution in [1.29, 1.82) is 0 Å². The van der Waals surface area contributed by atoms with Crippen LogP contribution in [0.4, 0.5) is 5.69 Å². The molecular weight excluding hydrogens is 220 g/mol. The van der Waals surface area contributed by atoms with E-state index in [1.54, 1.807) is 0 Å². The van der Waals surface area contributed by atoms with E-state index in [4.69, 9.17) is 4.74 Å². The summed E-state index contributed by atoms with van der Waals surface area (Å²) in [5.41, 5.74) is 3.62. The van der Waals surface area contributed by atoms with E-state index in [9.17, 15) is 9.59 Å². The molecule has 0 spiro atoms. The van der Waals surface area contributed by atoms with Crippen LogP contribution in [-0.2, 0) is 14.3 Å². The summed E-state index contributed by atoms with van der Waals surface area (Å²) < 4.78 is 4.74. The third kappa shape index (κ3) is 6.09. The van der Waals surface area contributed by atoms with Crippen molar-refractivity contribution in [1.82, 2.24) is 0 Å². The number of ether oxygens (including phenoxy) is 1. The summed E-state index contributed by atoms with van der Waals surface area (Å²) in [6.45, 7) is 1.39. The highest BCUT2D eigenvalue weighted by molar-refractivity contribution is 5.94. The Morgan fingerprint density at radius 1 is 1.35 bits per heavy atom. The quantitative estimate of drug-likeness (QED) is 0.351. The fourth-order valence-corrected chi connectivity index (χ4v) is 1.05. The van der Waals surface area contributed by atoms with E-state index in [2.05, 4.69) is 10.5 Å². The van der Waals surface area contributed by atoms with Gasteiger partial charge in [0.25, 0.3) is 0 Å². The Balaban J connectivity index is 2.19. The first kappa shape index (κ1) is 12.9. The number of carbonyl (C=O) groups is 2. The molecule has 0 unspecified atom stereocenters. The van der Waals surface area contributed by atoms with Gasteiger partial charge in [0, 0.05) is 0 Å². The SMILES string of the molecule is CC(=O)CC(=O)OCC=NNc1ccccc1. The van der Waals surface area contributed by atoms with Gasteiger partial charge in [0.05, 0.1) is 11.9 Å². The van der Waals surface area contributed by atoms with E-state index < -0.39 is 5.97 Å². The normalized spacial score (nSPS) is 10.2. The molecule has 0 bridgehead atoms. The van der Waals surface area contributed by atoms with Crippen molar-refractivity contribution in [3.8, 4) is 0 Å². The number of hydrogen-bond donors (Lipinski definition) is 1. The van der Waals surface area contributed by atoms with Crippen LogP contribution in [0.15, 0.2) is 35.4 Å². The number of Topliss-reactive ketones (excluding diaryl/α,β-unsaturated/α-hetero) is 1. The van der Waals surface area contributed by atoms with Crippen molar-refractivity contribution < 1.29 is 14.3 Å². The van der Waals surface area contributed by atoms with Crippen molar-refractivity contribution in [3.63, 3.8) is 0 Å². The molecule has 1 rings (SSSR count). The van der Waals surface area contributed by atoms with E-state index in [0.29, 0.717) is 0 Å². The lowest BCUT2D eigenvalue weighted by Crippen LogP contribution is -2.10. The van der Waals surface area contributed by atoms with Gasteiger partial charge in [-0.05, 0) is 19.1 Å². The van der Waals surface area contributed by atoms with Crippen LogP contribution in [0.2, 0.25) is 0 Å². The van der Waals surface area contributed by atoms with Crippen molar-refractivity contribution in [2.75, 3.05) is 12.0 Å². The first-order chi connectivity index (χ1) is 8.18. The van der Waals surface area contributed by atoms with Gasteiger partial charge >= 0.3 is 5.97 Å². The molecule has 1 aromatic carbocycles. The number of benzene rings is 1. The van der Waals surface area contributed by atoms with Crippen LogP contribution in [0.3, 0.4) is 0 Å². The van der Waals surface area contributed by atoms with Gasteiger partial charge in [-0.1, -0.05) is 18.2 Å². The van der Waals surface area contributed by atoms with E-state index in [-0.39, 0.29) is 18.8 Å². The summed E-state index contributed by atoms with van der Waals surface area (Å²) in [5.74, 6) is -0.752. The van der Waals surface area contributed by atoms with Gasteiger partial charge in [-0.3, -0.25) is 15.0 Å². The summed E-state index contributed by atoms with van der Waals surface area (Å²) in [4.78, 5) is 21.5. The van der Waals surface area contributed by atoms with E-state index >= 15 is 0 Å². The van der Waals surface area contributed by atoms with Crippen LogP contribution in [0.25, 0.3) is 0 Å². The number of hydrazone groups is 1. The molecule has 0 aliphatic rings. The molecule has 0 saturated heterocycles. The largest absolute Gasteiger partial charge is 0.459 e. The molecule has 0 atom stereocenters. The Labute approximate surface area is 99.5 Å². The first-order valence-corrected chi connectivity index (χ1v) is 5.16. The first-order valence-electron chi connectivity index (χ1n) is 5.16. The second-order valence-corrected chi connectivity index (χ2v) is 3.35. The van der Waals surface area contributed by atoms with Crippen LogP contribution < -0.4 is 5.43 Å². The van der Waals surface area contributed by atoms with Crippen LogP contribution >= 0.6 is 0 Å².